The highest BCUT2D eigenvalue weighted by Crippen LogP contribution is 2.18. The van der Waals surface area contributed by atoms with Crippen LogP contribution in [-0.4, -0.2) is 23.2 Å². The third kappa shape index (κ3) is 4.13. The number of nitrogens with one attached hydrogen (secondary N) is 1. The molecule has 0 saturated heterocycles. The quantitative estimate of drug-likeness (QED) is 0.898. The minimum atomic E-state index is -0.855. The maximum absolute atomic E-state index is 11.9. The van der Waals surface area contributed by atoms with Crippen molar-refractivity contribution in [3.8, 4) is 0 Å². The van der Waals surface area contributed by atoms with Crippen LogP contribution < -0.4 is 5.32 Å². The van der Waals surface area contributed by atoms with Crippen molar-refractivity contribution in [2.24, 2.45) is 0 Å². The third-order valence-corrected chi connectivity index (χ3v) is 3.45. The molecule has 0 aliphatic heterocycles. The number of benzene rings is 1. The summed E-state index contributed by atoms with van der Waals surface area (Å²) in [6.45, 7) is 5.78. The number of rotatable bonds is 4. The molecule has 1 atom stereocenters. The lowest BCUT2D eigenvalue weighted by molar-refractivity contribution is 0.0518. The van der Waals surface area contributed by atoms with Crippen LogP contribution in [0.25, 0.3) is 0 Å². The molecule has 0 bridgehead atoms. The molecule has 2 N–H and O–H groups in total. The maximum Gasteiger partial charge on any atom is 0.252 e. The van der Waals surface area contributed by atoms with Crippen LogP contribution in [-0.2, 0) is 0 Å². The van der Waals surface area contributed by atoms with Gasteiger partial charge in [0.25, 0.3) is 5.91 Å². The zero-order chi connectivity index (χ0) is 13.1. The van der Waals surface area contributed by atoms with E-state index in [0.29, 0.717) is 12.0 Å². The van der Waals surface area contributed by atoms with E-state index in [1.54, 1.807) is 6.92 Å². The summed E-state index contributed by atoms with van der Waals surface area (Å²) in [6, 6.07) is 5.60. The number of hydrogen-bond acceptors (Lipinski definition) is 2. The van der Waals surface area contributed by atoms with Gasteiger partial charge < -0.3 is 10.4 Å². The van der Waals surface area contributed by atoms with E-state index >= 15 is 0 Å². The lowest BCUT2D eigenvalue weighted by Gasteiger charge is -2.21. The van der Waals surface area contributed by atoms with Gasteiger partial charge in [0.1, 0.15) is 0 Å². The fourth-order valence-corrected chi connectivity index (χ4v) is 1.73. The minimum Gasteiger partial charge on any atom is -0.388 e. The van der Waals surface area contributed by atoms with Gasteiger partial charge in [-0.2, -0.15) is 0 Å². The highest BCUT2D eigenvalue weighted by molar-refractivity contribution is 9.10. The molecule has 0 aliphatic carbocycles. The highest BCUT2D eigenvalue weighted by Gasteiger charge is 2.19. The van der Waals surface area contributed by atoms with Crippen molar-refractivity contribution < 1.29 is 9.90 Å². The second-order valence-electron chi connectivity index (χ2n) is 4.52. The number of hydrogen-bond donors (Lipinski definition) is 2. The first-order valence-corrected chi connectivity index (χ1v) is 6.42. The molecule has 17 heavy (non-hydrogen) atoms. The number of amides is 1. The minimum absolute atomic E-state index is 0.172. The van der Waals surface area contributed by atoms with Crippen molar-refractivity contribution in [1.82, 2.24) is 5.32 Å². The number of carbonyl (C=O) groups is 1. The van der Waals surface area contributed by atoms with E-state index in [1.807, 2.05) is 32.0 Å². The van der Waals surface area contributed by atoms with Gasteiger partial charge in [-0.25, -0.2) is 0 Å². The number of aryl methyl sites for hydroxylation is 1. The van der Waals surface area contributed by atoms with Gasteiger partial charge in [-0.3, -0.25) is 4.79 Å². The molecule has 0 aromatic heterocycles. The lowest BCUT2D eigenvalue weighted by Crippen LogP contribution is -2.40. The van der Waals surface area contributed by atoms with Crippen LogP contribution in [0.15, 0.2) is 22.7 Å². The monoisotopic (exact) mass is 299 g/mol. The molecule has 0 aliphatic rings. The second kappa shape index (κ2) is 5.65. The summed E-state index contributed by atoms with van der Waals surface area (Å²) in [5, 5.41) is 12.6. The molecule has 4 heteroatoms. The van der Waals surface area contributed by atoms with Crippen molar-refractivity contribution in [2.45, 2.75) is 32.8 Å². The zero-order valence-electron chi connectivity index (χ0n) is 10.4. The van der Waals surface area contributed by atoms with Gasteiger partial charge in [-0.15, -0.1) is 0 Å². The van der Waals surface area contributed by atoms with Crippen LogP contribution >= 0.6 is 15.9 Å². The summed E-state index contributed by atoms with van der Waals surface area (Å²) in [5.74, 6) is -0.172. The molecule has 0 heterocycles. The van der Waals surface area contributed by atoms with Gasteiger partial charge in [-0.05, 0) is 48.3 Å². The summed E-state index contributed by atoms with van der Waals surface area (Å²) >= 11 is 3.35. The molecule has 1 aromatic carbocycles. The smallest absolute Gasteiger partial charge is 0.252 e. The molecule has 1 rings (SSSR count). The summed E-state index contributed by atoms with van der Waals surface area (Å²) < 4.78 is 0.761. The normalized spacial score (nSPS) is 14.2. The van der Waals surface area contributed by atoms with Gasteiger partial charge in [0, 0.05) is 11.0 Å². The topological polar surface area (TPSA) is 49.3 Å². The predicted octanol–water partition coefficient (Wildman–Crippen LogP) is 2.65. The molecule has 1 unspecified atom stereocenters. The highest BCUT2D eigenvalue weighted by atomic mass is 79.9. The molecule has 0 spiro atoms. The standard InChI is InChI=1S/C13H18BrNO2/c1-4-13(3,17)8-15-12(16)10-7-9(2)5-6-11(10)14/h5-7,17H,4,8H2,1-3H3,(H,15,16). The molecule has 1 aromatic rings. The molecule has 3 nitrogen and oxygen atoms in total. The summed E-state index contributed by atoms with van der Waals surface area (Å²) in [5.41, 5.74) is 0.767. The van der Waals surface area contributed by atoms with Gasteiger partial charge in [0.2, 0.25) is 0 Å². The van der Waals surface area contributed by atoms with E-state index in [1.165, 1.54) is 0 Å². The number of aliphatic hydroxyl groups is 1. The predicted molar refractivity (Wildman–Crippen MR) is 72.1 cm³/mol. The fraction of sp³-hybridized carbons (Fsp3) is 0.462. The van der Waals surface area contributed by atoms with Crippen LogP contribution in [0, 0.1) is 6.92 Å². The van der Waals surface area contributed by atoms with E-state index in [0.717, 1.165) is 10.0 Å². The van der Waals surface area contributed by atoms with Crippen LogP contribution in [0.2, 0.25) is 0 Å². The van der Waals surface area contributed by atoms with Gasteiger partial charge in [0.05, 0.1) is 11.2 Å². The zero-order valence-corrected chi connectivity index (χ0v) is 12.0. The lowest BCUT2D eigenvalue weighted by atomic mass is 10.0. The van der Waals surface area contributed by atoms with Crippen LogP contribution in [0.1, 0.15) is 36.2 Å². The van der Waals surface area contributed by atoms with Crippen molar-refractivity contribution >= 4 is 21.8 Å². The first-order valence-electron chi connectivity index (χ1n) is 5.62. The fourth-order valence-electron chi connectivity index (χ4n) is 1.30. The molecule has 0 radical (unpaired) electrons. The van der Waals surface area contributed by atoms with Gasteiger partial charge >= 0.3 is 0 Å². The van der Waals surface area contributed by atoms with Crippen molar-refractivity contribution in [3.63, 3.8) is 0 Å². The Morgan fingerprint density at radius 2 is 2.18 bits per heavy atom. The Balaban J connectivity index is 2.74. The molecule has 1 amide bonds. The number of halogens is 1. The van der Waals surface area contributed by atoms with E-state index < -0.39 is 5.60 Å². The third-order valence-electron chi connectivity index (χ3n) is 2.76. The van der Waals surface area contributed by atoms with Crippen molar-refractivity contribution in [1.29, 1.82) is 0 Å². The van der Waals surface area contributed by atoms with Gasteiger partial charge in [0.15, 0.2) is 0 Å². The largest absolute Gasteiger partial charge is 0.388 e. The SMILES string of the molecule is CCC(C)(O)CNC(=O)c1cc(C)ccc1Br. The van der Waals surface area contributed by atoms with E-state index in [2.05, 4.69) is 21.2 Å². The van der Waals surface area contributed by atoms with Crippen LogP contribution in [0.4, 0.5) is 0 Å². The molecule has 0 saturated carbocycles. The summed E-state index contributed by atoms with van der Waals surface area (Å²) in [7, 11) is 0. The Bertz CT molecular complexity index is 416. The average molecular weight is 300 g/mol. The van der Waals surface area contributed by atoms with E-state index in [4.69, 9.17) is 0 Å². The average Bonchev–Trinajstić information content (AvgIpc) is 2.29. The summed E-state index contributed by atoms with van der Waals surface area (Å²) in [6.07, 6.45) is 0.599. The Hall–Kier alpha value is -0.870. The van der Waals surface area contributed by atoms with E-state index in [-0.39, 0.29) is 12.5 Å². The second-order valence-corrected chi connectivity index (χ2v) is 5.37. The molecular weight excluding hydrogens is 282 g/mol. The van der Waals surface area contributed by atoms with Crippen LogP contribution in [0.5, 0.6) is 0 Å². The van der Waals surface area contributed by atoms with Crippen molar-refractivity contribution in [3.05, 3.63) is 33.8 Å². The molecule has 0 fully saturated rings. The first kappa shape index (κ1) is 14.2. The van der Waals surface area contributed by atoms with Gasteiger partial charge in [-0.1, -0.05) is 18.6 Å². The molecular formula is C13H18BrNO2. The summed E-state index contributed by atoms with van der Waals surface area (Å²) in [4.78, 5) is 11.9. The van der Waals surface area contributed by atoms with E-state index in [9.17, 15) is 9.90 Å². The first-order chi connectivity index (χ1) is 7.85. The van der Waals surface area contributed by atoms with Crippen LogP contribution in [0.3, 0.4) is 0 Å². The number of carbonyl (C=O) groups excluding carboxylic acids is 1. The Morgan fingerprint density at radius 1 is 1.53 bits per heavy atom. The maximum atomic E-state index is 11.9. The van der Waals surface area contributed by atoms with Crippen molar-refractivity contribution in [2.75, 3.05) is 6.54 Å². The Morgan fingerprint density at radius 3 is 2.76 bits per heavy atom. The Labute approximate surface area is 110 Å². The molecule has 94 valence electrons. The Kier molecular flexibility index (Phi) is 4.71.